The lowest BCUT2D eigenvalue weighted by atomic mass is 10.1. The molecule has 0 aliphatic heterocycles. The van der Waals surface area contributed by atoms with Crippen molar-refractivity contribution in [3.63, 3.8) is 0 Å². The molecule has 1 aromatic rings. The monoisotopic (exact) mass is 314 g/mol. The Morgan fingerprint density at radius 3 is 2.70 bits per heavy atom. The number of amides is 1. The predicted octanol–water partition coefficient (Wildman–Crippen LogP) is 3.43. The molecule has 0 fully saturated rings. The molecule has 5 nitrogen and oxygen atoms in total. The molecule has 0 aliphatic rings. The van der Waals surface area contributed by atoms with E-state index in [0.29, 0.717) is 13.0 Å². The maximum absolute atomic E-state index is 11.9. The fourth-order valence-electron chi connectivity index (χ4n) is 1.49. The summed E-state index contributed by atoms with van der Waals surface area (Å²) in [5.41, 5.74) is -0.292. The molecular weight excluding hydrogens is 303 g/mol. The van der Waals surface area contributed by atoms with Gasteiger partial charge < -0.3 is 5.32 Å². The van der Waals surface area contributed by atoms with Crippen molar-refractivity contribution in [3.05, 3.63) is 37.9 Å². The van der Waals surface area contributed by atoms with Crippen molar-refractivity contribution in [2.75, 3.05) is 6.54 Å². The first kappa shape index (κ1) is 16.3. The van der Waals surface area contributed by atoms with E-state index >= 15 is 0 Å². The van der Waals surface area contributed by atoms with Gasteiger partial charge in [0.15, 0.2) is 0 Å². The van der Waals surface area contributed by atoms with Crippen LogP contribution in [0.1, 0.15) is 29.6 Å². The van der Waals surface area contributed by atoms with Gasteiger partial charge in [0, 0.05) is 25.1 Å². The van der Waals surface area contributed by atoms with Gasteiger partial charge in [-0.3, -0.25) is 14.9 Å². The minimum Gasteiger partial charge on any atom is -0.352 e. The maximum Gasteiger partial charge on any atom is 0.271 e. The van der Waals surface area contributed by atoms with Gasteiger partial charge in [-0.1, -0.05) is 23.2 Å². The number of nitrogens with one attached hydrogen (secondary N) is 1. The largest absolute Gasteiger partial charge is 0.352 e. The number of halogens is 2. The molecule has 7 heteroatoms. The van der Waals surface area contributed by atoms with Crippen LogP contribution in [0.4, 0.5) is 5.69 Å². The Morgan fingerprint density at radius 1 is 1.40 bits per heavy atom. The van der Waals surface area contributed by atoms with E-state index in [0.717, 1.165) is 25.0 Å². The fraction of sp³-hybridized carbons (Fsp3) is 0.308. The van der Waals surface area contributed by atoms with Gasteiger partial charge in [-0.25, -0.2) is 0 Å². The van der Waals surface area contributed by atoms with E-state index in [4.69, 9.17) is 29.6 Å². The summed E-state index contributed by atoms with van der Waals surface area (Å²) in [6.45, 7) is 0.414. The van der Waals surface area contributed by atoms with E-state index in [2.05, 4.69) is 11.2 Å². The minimum atomic E-state index is -0.633. The normalized spacial score (nSPS) is 9.85. The van der Waals surface area contributed by atoms with Crippen LogP contribution in [-0.2, 0) is 0 Å². The van der Waals surface area contributed by atoms with Crippen LogP contribution in [0.2, 0.25) is 10.0 Å². The maximum atomic E-state index is 11.9. The van der Waals surface area contributed by atoms with Gasteiger partial charge in [0.2, 0.25) is 0 Å². The molecule has 0 aromatic heterocycles. The van der Waals surface area contributed by atoms with Crippen molar-refractivity contribution >= 4 is 34.8 Å². The summed E-state index contributed by atoms with van der Waals surface area (Å²) in [4.78, 5) is 22.0. The van der Waals surface area contributed by atoms with Crippen LogP contribution in [0.25, 0.3) is 0 Å². The lowest BCUT2D eigenvalue weighted by Crippen LogP contribution is -2.24. The summed E-state index contributed by atoms with van der Waals surface area (Å²) in [6.07, 6.45) is 7.26. The van der Waals surface area contributed by atoms with Gasteiger partial charge in [0.25, 0.3) is 11.6 Å². The molecule has 0 radical (unpaired) electrons. The standard InChI is InChI=1S/C13H12Cl2N2O3/c1-2-3-4-5-6-16-13(18)10-7-9(17(19)20)8-11(14)12(10)15/h1,7-8H,3-6H2,(H,16,18). The average molecular weight is 315 g/mol. The number of terminal acetylenes is 1. The van der Waals surface area contributed by atoms with Crippen molar-refractivity contribution in [2.45, 2.75) is 19.3 Å². The number of carbonyl (C=O) groups excluding carboxylic acids is 1. The van der Waals surface area contributed by atoms with Crippen LogP contribution in [0, 0.1) is 22.5 Å². The van der Waals surface area contributed by atoms with Crippen LogP contribution in [0.3, 0.4) is 0 Å². The zero-order valence-corrected chi connectivity index (χ0v) is 12.0. The van der Waals surface area contributed by atoms with Gasteiger partial charge >= 0.3 is 0 Å². The van der Waals surface area contributed by atoms with Gasteiger partial charge in [-0.05, 0) is 12.8 Å². The summed E-state index contributed by atoms with van der Waals surface area (Å²) in [6, 6.07) is 2.21. The van der Waals surface area contributed by atoms with E-state index in [1.165, 1.54) is 0 Å². The highest BCUT2D eigenvalue weighted by Gasteiger charge is 2.19. The number of nitrogens with zero attached hydrogens (tertiary/aromatic N) is 1. The number of non-ortho nitro benzene ring substituents is 1. The number of carbonyl (C=O) groups is 1. The summed E-state index contributed by atoms with van der Waals surface area (Å²) < 4.78 is 0. The van der Waals surface area contributed by atoms with Crippen molar-refractivity contribution in [2.24, 2.45) is 0 Å². The molecular formula is C13H12Cl2N2O3. The molecule has 0 spiro atoms. The molecule has 0 heterocycles. The Labute approximate surface area is 126 Å². The minimum absolute atomic E-state index is 0.00149. The molecule has 0 unspecified atom stereocenters. The second-order valence-electron chi connectivity index (χ2n) is 3.96. The number of nitro groups is 1. The SMILES string of the molecule is C#CCCCCNC(=O)c1cc([N+](=O)[O-])cc(Cl)c1Cl. The Kier molecular flexibility index (Phi) is 6.29. The molecule has 106 valence electrons. The fourth-order valence-corrected chi connectivity index (χ4v) is 1.90. The zero-order valence-electron chi connectivity index (χ0n) is 10.5. The van der Waals surface area contributed by atoms with Gasteiger partial charge in [0.1, 0.15) is 0 Å². The molecule has 1 rings (SSSR count). The molecule has 1 N–H and O–H groups in total. The number of nitro benzene ring substituents is 1. The molecule has 0 saturated carbocycles. The highest BCUT2D eigenvalue weighted by atomic mass is 35.5. The van der Waals surface area contributed by atoms with Crippen molar-refractivity contribution < 1.29 is 9.72 Å². The third-order valence-electron chi connectivity index (χ3n) is 2.50. The third kappa shape index (κ3) is 4.41. The second-order valence-corrected chi connectivity index (χ2v) is 4.75. The molecule has 0 saturated heterocycles. The summed E-state index contributed by atoms with van der Waals surface area (Å²) >= 11 is 11.7. The smallest absolute Gasteiger partial charge is 0.271 e. The van der Waals surface area contributed by atoms with Crippen LogP contribution in [0.5, 0.6) is 0 Å². The first-order valence-corrected chi connectivity index (χ1v) is 6.58. The second kappa shape index (κ2) is 7.73. The Bertz CT molecular complexity index is 567. The van der Waals surface area contributed by atoms with Crippen LogP contribution >= 0.6 is 23.2 Å². The lowest BCUT2D eigenvalue weighted by molar-refractivity contribution is -0.384. The molecule has 0 atom stereocenters. The number of rotatable bonds is 6. The Morgan fingerprint density at radius 2 is 2.10 bits per heavy atom. The Balaban J connectivity index is 2.77. The third-order valence-corrected chi connectivity index (χ3v) is 3.30. The molecule has 1 amide bonds. The molecule has 20 heavy (non-hydrogen) atoms. The first-order valence-electron chi connectivity index (χ1n) is 5.82. The molecule has 0 aliphatic carbocycles. The molecule has 0 bridgehead atoms. The quantitative estimate of drug-likeness (QED) is 0.378. The lowest BCUT2D eigenvalue weighted by Gasteiger charge is -2.07. The van der Waals surface area contributed by atoms with Crippen LogP contribution in [0.15, 0.2) is 12.1 Å². The highest BCUT2D eigenvalue weighted by Crippen LogP contribution is 2.30. The van der Waals surface area contributed by atoms with E-state index in [1.807, 2.05) is 0 Å². The highest BCUT2D eigenvalue weighted by molar-refractivity contribution is 6.44. The topological polar surface area (TPSA) is 72.2 Å². The van der Waals surface area contributed by atoms with E-state index in [9.17, 15) is 14.9 Å². The summed E-state index contributed by atoms with van der Waals surface area (Å²) in [5, 5.41) is 13.3. The average Bonchev–Trinajstić information content (AvgIpc) is 2.41. The van der Waals surface area contributed by atoms with Crippen molar-refractivity contribution in [1.29, 1.82) is 0 Å². The number of hydrogen-bond acceptors (Lipinski definition) is 3. The van der Waals surface area contributed by atoms with Gasteiger partial charge in [0.05, 0.1) is 20.5 Å². The first-order chi connectivity index (χ1) is 9.47. The van der Waals surface area contributed by atoms with Gasteiger partial charge in [-0.15, -0.1) is 12.3 Å². The predicted molar refractivity (Wildman–Crippen MR) is 78.1 cm³/mol. The van der Waals surface area contributed by atoms with Crippen molar-refractivity contribution in [1.82, 2.24) is 5.32 Å². The number of benzene rings is 1. The summed E-state index contributed by atoms with van der Waals surface area (Å²) in [5.74, 6) is 2.00. The van der Waals surface area contributed by atoms with E-state index in [1.54, 1.807) is 0 Å². The summed E-state index contributed by atoms with van der Waals surface area (Å²) in [7, 11) is 0. The Hall–Kier alpha value is -1.77. The van der Waals surface area contributed by atoms with E-state index < -0.39 is 10.8 Å². The van der Waals surface area contributed by atoms with Crippen molar-refractivity contribution in [3.8, 4) is 12.3 Å². The number of unbranched alkanes of at least 4 members (excludes halogenated alkanes) is 2. The zero-order chi connectivity index (χ0) is 15.1. The number of hydrogen-bond donors (Lipinski definition) is 1. The molecule has 1 aromatic carbocycles. The van der Waals surface area contributed by atoms with Gasteiger partial charge in [-0.2, -0.15) is 0 Å². The van der Waals surface area contributed by atoms with Crippen LogP contribution < -0.4 is 5.32 Å². The van der Waals surface area contributed by atoms with E-state index in [-0.39, 0.29) is 21.3 Å². The van der Waals surface area contributed by atoms with Crippen LogP contribution in [-0.4, -0.2) is 17.4 Å².